The lowest BCUT2D eigenvalue weighted by atomic mass is 9.95. The first-order valence-electron chi connectivity index (χ1n) is 7.20. The summed E-state index contributed by atoms with van der Waals surface area (Å²) >= 11 is 0. The molecule has 5 nitrogen and oxygen atoms in total. The molecule has 1 heterocycles. The van der Waals surface area contributed by atoms with Crippen LogP contribution in [-0.4, -0.2) is 23.9 Å². The molecule has 1 aliphatic heterocycles. The predicted octanol–water partition coefficient (Wildman–Crippen LogP) is 2.54. The molecule has 0 aromatic heterocycles. The van der Waals surface area contributed by atoms with Gasteiger partial charge >= 0.3 is 0 Å². The number of amides is 1. The number of carbonyl (C=O) groups excluding carboxylic acids is 2. The molecule has 1 atom stereocenters. The van der Waals surface area contributed by atoms with Gasteiger partial charge in [-0.05, 0) is 30.3 Å². The van der Waals surface area contributed by atoms with E-state index in [4.69, 9.17) is 4.74 Å². The molecule has 2 aromatic carbocycles. The summed E-state index contributed by atoms with van der Waals surface area (Å²) in [6.45, 7) is 0. The molecule has 1 saturated heterocycles. The number of benzene rings is 2. The van der Waals surface area contributed by atoms with E-state index in [9.17, 15) is 19.1 Å². The quantitative estimate of drug-likeness (QED) is 0.516. The third-order valence-electron chi connectivity index (χ3n) is 3.85. The van der Waals surface area contributed by atoms with Gasteiger partial charge in [-0.3, -0.25) is 9.59 Å². The van der Waals surface area contributed by atoms with E-state index in [-0.39, 0.29) is 16.9 Å². The van der Waals surface area contributed by atoms with Gasteiger partial charge < -0.3 is 15.2 Å². The van der Waals surface area contributed by atoms with Gasteiger partial charge in [0.05, 0.1) is 18.7 Å². The first-order valence-corrected chi connectivity index (χ1v) is 7.20. The zero-order chi connectivity index (χ0) is 17.3. The second kappa shape index (κ2) is 6.16. The van der Waals surface area contributed by atoms with Crippen molar-refractivity contribution in [3.63, 3.8) is 0 Å². The number of hydrogen-bond acceptors (Lipinski definition) is 4. The van der Waals surface area contributed by atoms with Gasteiger partial charge in [-0.25, -0.2) is 4.39 Å². The van der Waals surface area contributed by atoms with E-state index in [1.807, 2.05) is 0 Å². The summed E-state index contributed by atoms with van der Waals surface area (Å²) in [4.78, 5) is 23.9. The number of nitrogens with one attached hydrogen (secondary N) is 1. The van der Waals surface area contributed by atoms with Crippen molar-refractivity contribution in [2.75, 3.05) is 7.11 Å². The molecule has 1 fully saturated rings. The molecule has 122 valence electrons. The van der Waals surface area contributed by atoms with Crippen molar-refractivity contribution >= 4 is 17.4 Å². The number of rotatable bonds is 3. The lowest BCUT2D eigenvalue weighted by molar-refractivity contribution is -0.133. The second-order valence-electron chi connectivity index (χ2n) is 5.25. The van der Waals surface area contributed by atoms with Gasteiger partial charge in [-0.15, -0.1) is 0 Å². The Bertz CT molecular complexity index is 842. The number of carbonyl (C=O) groups is 2. The van der Waals surface area contributed by atoms with Crippen LogP contribution in [0, 0.1) is 5.82 Å². The van der Waals surface area contributed by atoms with E-state index in [1.54, 1.807) is 30.3 Å². The van der Waals surface area contributed by atoms with Crippen molar-refractivity contribution < 1.29 is 23.8 Å². The predicted molar refractivity (Wildman–Crippen MR) is 84.8 cm³/mol. The van der Waals surface area contributed by atoms with Crippen LogP contribution in [0.25, 0.3) is 5.76 Å². The van der Waals surface area contributed by atoms with Crippen LogP contribution >= 0.6 is 0 Å². The number of aliphatic hydroxyl groups excluding tert-OH is 1. The SMILES string of the molecule is COc1ccc(C(O)=C2C(=O)C(=O)NC2c2ccccc2F)cc1. The zero-order valence-electron chi connectivity index (χ0n) is 12.7. The Morgan fingerprint density at radius 2 is 1.79 bits per heavy atom. The van der Waals surface area contributed by atoms with Crippen molar-refractivity contribution in [2.24, 2.45) is 0 Å². The molecule has 1 unspecified atom stereocenters. The standard InChI is InChI=1S/C18H14FNO4/c1-24-11-8-6-10(7-9-11)16(21)14-15(20-18(23)17(14)22)12-4-2-3-5-13(12)19/h2-9,15,21H,1H3,(H,20,23). The van der Waals surface area contributed by atoms with Crippen molar-refractivity contribution in [1.82, 2.24) is 5.32 Å². The highest BCUT2D eigenvalue weighted by atomic mass is 19.1. The van der Waals surface area contributed by atoms with Crippen LogP contribution < -0.4 is 10.1 Å². The first kappa shape index (κ1) is 15.7. The summed E-state index contributed by atoms with van der Waals surface area (Å²) in [6.07, 6.45) is 0. The van der Waals surface area contributed by atoms with Gasteiger partial charge in [0.15, 0.2) is 0 Å². The van der Waals surface area contributed by atoms with Crippen LogP contribution in [0.5, 0.6) is 5.75 Å². The monoisotopic (exact) mass is 327 g/mol. The van der Waals surface area contributed by atoms with Crippen LogP contribution in [0.1, 0.15) is 17.2 Å². The summed E-state index contributed by atoms with van der Waals surface area (Å²) in [7, 11) is 1.50. The highest BCUT2D eigenvalue weighted by Crippen LogP contribution is 2.34. The average molecular weight is 327 g/mol. The number of ether oxygens (including phenoxy) is 1. The van der Waals surface area contributed by atoms with Crippen LogP contribution in [0.3, 0.4) is 0 Å². The van der Waals surface area contributed by atoms with Crippen molar-refractivity contribution in [3.8, 4) is 5.75 Å². The van der Waals surface area contributed by atoms with E-state index in [1.165, 1.54) is 25.3 Å². The summed E-state index contributed by atoms with van der Waals surface area (Å²) in [6, 6.07) is 11.1. The minimum atomic E-state index is -1.03. The third-order valence-corrected chi connectivity index (χ3v) is 3.85. The molecule has 1 amide bonds. The summed E-state index contributed by atoms with van der Waals surface area (Å²) in [5, 5.41) is 12.9. The molecule has 0 radical (unpaired) electrons. The Labute approximate surface area is 137 Å². The van der Waals surface area contributed by atoms with Crippen molar-refractivity contribution in [3.05, 3.63) is 71.0 Å². The fourth-order valence-electron chi connectivity index (χ4n) is 2.61. The smallest absolute Gasteiger partial charge is 0.293 e. The lowest BCUT2D eigenvalue weighted by Crippen LogP contribution is -2.21. The fourth-order valence-corrected chi connectivity index (χ4v) is 2.61. The van der Waals surface area contributed by atoms with Crippen LogP contribution in [0.4, 0.5) is 4.39 Å². The molecule has 2 aromatic rings. The molecule has 2 N–H and O–H groups in total. The van der Waals surface area contributed by atoms with Gasteiger partial charge in [0.25, 0.3) is 11.7 Å². The number of ketones is 1. The van der Waals surface area contributed by atoms with E-state index < -0.39 is 23.5 Å². The topological polar surface area (TPSA) is 75.6 Å². The molecule has 0 spiro atoms. The number of halogens is 1. The van der Waals surface area contributed by atoms with Gasteiger partial charge in [0, 0.05) is 11.1 Å². The Kier molecular flexibility index (Phi) is 4.04. The Morgan fingerprint density at radius 1 is 1.12 bits per heavy atom. The van der Waals surface area contributed by atoms with Gasteiger partial charge in [-0.1, -0.05) is 18.2 Å². The number of hydrogen-bond donors (Lipinski definition) is 2. The van der Waals surface area contributed by atoms with Gasteiger partial charge in [0.1, 0.15) is 17.3 Å². The summed E-state index contributed by atoms with van der Waals surface area (Å²) in [5.74, 6) is -2.11. The van der Waals surface area contributed by atoms with Crippen molar-refractivity contribution in [2.45, 2.75) is 6.04 Å². The minimum absolute atomic E-state index is 0.117. The zero-order valence-corrected chi connectivity index (χ0v) is 12.7. The molecule has 1 aliphatic rings. The lowest BCUT2D eigenvalue weighted by Gasteiger charge is -2.14. The largest absolute Gasteiger partial charge is 0.507 e. The van der Waals surface area contributed by atoms with E-state index >= 15 is 0 Å². The molecule has 0 aliphatic carbocycles. The second-order valence-corrected chi connectivity index (χ2v) is 5.25. The average Bonchev–Trinajstić information content (AvgIpc) is 2.90. The molecule has 24 heavy (non-hydrogen) atoms. The van der Waals surface area contributed by atoms with Crippen LogP contribution in [0.2, 0.25) is 0 Å². The van der Waals surface area contributed by atoms with E-state index in [2.05, 4.69) is 5.32 Å². The molecule has 6 heteroatoms. The number of Topliss-reactive ketones (excluding diaryl/α,β-unsaturated/α-hetero) is 1. The van der Waals surface area contributed by atoms with Crippen molar-refractivity contribution in [1.29, 1.82) is 0 Å². The highest BCUT2D eigenvalue weighted by Gasteiger charge is 2.40. The molecular weight excluding hydrogens is 313 g/mol. The maximum Gasteiger partial charge on any atom is 0.293 e. The Balaban J connectivity index is 2.11. The van der Waals surface area contributed by atoms with Gasteiger partial charge in [0.2, 0.25) is 0 Å². The fraction of sp³-hybridized carbons (Fsp3) is 0.111. The third kappa shape index (κ3) is 2.62. The van der Waals surface area contributed by atoms with Gasteiger partial charge in [-0.2, -0.15) is 0 Å². The molecule has 3 rings (SSSR count). The van der Waals surface area contributed by atoms with E-state index in [0.29, 0.717) is 11.3 Å². The maximum atomic E-state index is 14.1. The van der Waals surface area contributed by atoms with Crippen LogP contribution in [-0.2, 0) is 9.59 Å². The minimum Gasteiger partial charge on any atom is -0.507 e. The Morgan fingerprint density at radius 3 is 2.42 bits per heavy atom. The molecule has 0 saturated carbocycles. The number of methoxy groups -OCH3 is 1. The number of aliphatic hydroxyl groups is 1. The summed E-state index contributed by atoms with van der Waals surface area (Å²) in [5.41, 5.74) is 0.277. The molecular formula is C18H14FNO4. The normalized spacial score (nSPS) is 19.2. The maximum absolute atomic E-state index is 14.1. The Hall–Kier alpha value is -3.15. The first-order chi connectivity index (χ1) is 11.5. The summed E-state index contributed by atoms with van der Waals surface area (Å²) < 4.78 is 19.1. The van der Waals surface area contributed by atoms with Crippen LogP contribution in [0.15, 0.2) is 54.1 Å². The highest BCUT2D eigenvalue weighted by molar-refractivity contribution is 6.46. The molecule has 0 bridgehead atoms. The van der Waals surface area contributed by atoms with E-state index in [0.717, 1.165) is 0 Å².